The molecule has 0 aliphatic rings. The molecular weight excluding hydrogens is 280 g/mol. The van der Waals surface area contributed by atoms with Crippen LogP contribution in [0.3, 0.4) is 0 Å². The van der Waals surface area contributed by atoms with E-state index in [0.717, 1.165) is 11.1 Å². The Kier molecular flexibility index (Phi) is 4.31. The number of nitrogen functional groups attached to an aromatic ring is 2. The second kappa shape index (κ2) is 6.17. The van der Waals surface area contributed by atoms with E-state index in [1.807, 2.05) is 44.2 Å². The van der Waals surface area contributed by atoms with E-state index in [0.29, 0.717) is 22.4 Å². The maximum Gasteiger partial charge on any atom is 0.314 e. The van der Waals surface area contributed by atoms with Crippen molar-refractivity contribution in [3.63, 3.8) is 0 Å². The lowest BCUT2D eigenvalue weighted by Gasteiger charge is -1.98. The average molecular weight is 298 g/mol. The van der Waals surface area contributed by atoms with Crippen molar-refractivity contribution in [1.29, 1.82) is 0 Å². The zero-order chi connectivity index (χ0) is 16.3. The molecule has 0 unspecified atom stereocenters. The normalized spacial score (nSPS) is 10.1. The van der Waals surface area contributed by atoms with Crippen molar-refractivity contribution in [1.82, 2.24) is 9.97 Å². The largest absolute Gasteiger partial charge is 0.397 e. The highest BCUT2D eigenvalue weighted by atomic mass is 16.2. The Morgan fingerprint density at radius 1 is 0.727 bits per heavy atom. The summed E-state index contributed by atoms with van der Waals surface area (Å²) >= 11 is 0. The highest BCUT2D eigenvalue weighted by Gasteiger charge is 1.97. The van der Waals surface area contributed by atoms with Crippen molar-refractivity contribution in [2.45, 2.75) is 13.8 Å². The van der Waals surface area contributed by atoms with Crippen molar-refractivity contribution in [2.75, 3.05) is 11.5 Å². The maximum absolute atomic E-state index is 10.9. The molecular formula is C16H18N4O2. The fourth-order valence-corrected chi connectivity index (χ4v) is 1.92. The Morgan fingerprint density at radius 3 is 1.86 bits per heavy atom. The van der Waals surface area contributed by atoms with Gasteiger partial charge >= 0.3 is 11.1 Å². The molecule has 2 aromatic carbocycles. The quantitative estimate of drug-likeness (QED) is 0.373. The first-order valence-electron chi connectivity index (χ1n) is 6.71. The van der Waals surface area contributed by atoms with Crippen LogP contribution in [0.5, 0.6) is 0 Å². The molecule has 1 heterocycles. The van der Waals surface area contributed by atoms with Gasteiger partial charge < -0.3 is 21.4 Å². The van der Waals surface area contributed by atoms with Crippen molar-refractivity contribution < 1.29 is 0 Å². The Morgan fingerprint density at radius 2 is 1.27 bits per heavy atom. The maximum atomic E-state index is 10.9. The molecule has 0 amide bonds. The number of anilines is 2. The predicted molar refractivity (Wildman–Crippen MR) is 89.9 cm³/mol. The Hall–Kier alpha value is -3.02. The molecule has 1 aromatic heterocycles. The first kappa shape index (κ1) is 15.4. The first-order valence-corrected chi connectivity index (χ1v) is 6.71. The van der Waals surface area contributed by atoms with Crippen LogP contribution in [-0.4, -0.2) is 9.97 Å². The van der Waals surface area contributed by atoms with Gasteiger partial charge in [-0.3, -0.25) is 9.59 Å². The average Bonchev–Trinajstić information content (AvgIpc) is 2.46. The van der Waals surface area contributed by atoms with Crippen LogP contribution in [0.1, 0.15) is 11.1 Å². The number of H-pyrrole nitrogens is 2. The molecule has 6 heteroatoms. The number of hydrogen-bond acceptors (Lipinski definition) is 4. The summed E-state index contributed by atoms with van der Waals surface area (Å²) in [5.41, 5.74) is 14.5. The molecule has 0 aliphatic heterocycles. The van der Waals surface area contributed by atoms with Crippen LogP contribution in [0.25, 0.3) is 11.0 Å². The van der Waals surface area contributed by atoms with Gasteiger partial charge in [0.15, 0.2) is 0 Å². The first-order chi connectivity index (χ1) is 10.4. The molecule has 0 saturated carbocycles. The Balaban J connectivity index is 0.000000172. The molecule has 0 aliphatic carbocycles. The van der Waals surface area contributed by atoms with Gasteiger partial charge in [0.2, 0.25) is 0 Å². The summed E-state index contributed by atoms with van der Waals surface area (Å²) in [6.07, 6.45) is 0. The van der Waals surface area contributed by atoms with Gasteiger partial charge in [-0.25, -0.2) is 0 Å². The lowest BCUT2D eigenvalue weighted by atomic mass is 10.2. The Bertz CT molecular complexity index is 925. The molecule has 6 nitrogen and oxygen atoms in total. The fraction of sp³-hybridized carbons (Fsp3) is 0.125. The molecule has 0 saturated heterocycles. The number of nitrogens with two attached hydrogens (primary N) is 2. The van der Waals surface area contributed by atoms with Gasteiger partial charge in [-0.2, -0.15) is 0 Å². The van der Waals surface area contributed by atoms with Crippen molar-refractivity contribution >= 4 is 22.4 Å². The van der Waals surface area contributed by atoms with Crippen LogP contribution in [-0.2, 0) is 0 Å². The summed E-state index contributed by atoms with van der Waals surface area (Å²) in [5.74, 6) is 0. The van der Waals surface area contributed by atoms with Crippen LogP contribution in [0.4, 0.5) is 11.4 Å². The number of rotatable bonds is 0. The number of fused-ring (bicyclic) bond motifs is 1. The van der Waals surface area contributed by atoms with E-state index >= 15 is 0 Å². The van der Waals surface area contributed by atoms with Gasteiger partial charge in [0.1, 0.15) is 0 Å². The third-order valence-corrected chi connectivity index (χ3v) is 3.12. The molecule has 0 fully saturated rings. The van der Waals surface area contributed by atoms with Gasteiger partial charge in [0.05, 0.1) is 22.4 Å². The Labute approximate surface area is 126 Å². The second-order valence-corrected chi connectivity index (χ2v) is 5.09. The molecule has 3 rings (SSSR count). The zero-order valence-electron chi connectivity index (χ0n) is 12.4. The molecule has 3 aromatic rings. The summed E-state index contributed by atoms with van der Waals surface area (Å²) in [4.78, 5) is 26.8. The lowest BCUT2D eigenvalue weighted by Crippen LogP contribution is -2.28. The van der Waals surface area contributed by atoms with E-state index in [9.17, 15) is 9.59 Å². The molecule has 22 heavy (non-hydrogen) atoms. The molecule has 0 spiro atoms. The van der Waals surface area contributed by atoms with E-state index in [2.05, 4.69) is 9.97 Å². The van der Waals surface area contributed by atoms with E-state index in [1.165, 1.54) is 0 Å². The molecule has 0 radical (unpaired) electrons. The smallest absolute Gasteiger partial charge is 0.314 e. The standard InChI is InChI=1S/C9H8N2O2.C7H10N2/c1-5-2-3-6-7(4-5)11-9(13)8(12)10-6;1-5-2-3-6(8)7(9)4-5/h2-4H,1H3,(H,10,12)(H,11,13);2-4H,8-9H2,1H3. The van der Waals surface area contributed by atoms with Gasteiger partial charge in [-0.15, -0.1) is 0 Å². The predicted octanol–water partition coefficient (Wildman–Crippen LogP) is 1.68. The van der Waals surface area contributed by atoms with Gasteiger partial charge in [0.25, 0.3) is 0 Å². The van der Waals surface area contributed by atoms with Crippen LogP contribution in [0, 0.1) is 13.8 Å². The third kappa shape index (κ3) is 3.54. The second-order valence-electron chi connectivity index (χ2n) is 5.09. The lowest BCUT2D eigenvalue weighted by molar-refractivity contribution is 1.14. The van der Waals surface area contributed by atoms with E-state index in [-0.39, 0.29) is 0 Å². The monoisotopic (exact) mass is 298 g/mol. The molecule has 0 atom stereocenters. The number of aryl methyl sites for hydroxylation is 2. The topological polar surface area (TPSA) is 118 Å². The number of nitrogens with one attached hydrogen (secondary N) is 2. The van der Waals surface area contributed by atoms with E-state index in [4.69, 9.17) is 11.5 Å². The zero-order valence-corrected chi connectivity index (χ0v) is 12.4. The minimum Gasteiger partial charge on any atom is -0.397 e. The van der Waals surface area contributed by atoms with Crippen LogP contribution < -0.4 is 22.6 Å². The van der Waals surface area contributed by atoms with E-state index in [1.54, 1.807) is 6.07 Å². The summed E-state index contributed by atoms with van der Waals surface area (Å²) in [7, 11) is 0. The van der Waals surface area contributed by atoms with Gasteiger partial charge in [0, 0.05) is 0 Å². The summed E-state index contributed by atoms with van der Waals surface area (Å²) in [6, 6.07) is 11.1. The van der Waals surface area contributed by atoms with Crippen molar-refractivity contribution in [3.05, 3.63) is 68.2 Å². The van der Waals surface area contributed by atoms with Crippen molar-refractivity contribution in [3.8, 4) is 0 Å². The molecule has 0 bridgehead atoms. The fourth-order valence-electron chi connectivity index (χ4n) is 1.92. The highest BCUT2D eigenvalue weighted by molar-refractivity contribution is 5.74. The molecule has 6 N–H and O–H groups in total. The summed E-state index contributed by atoms with van der Waals surface area (Å²) < 4.78 is 0. The van der Waals surface area contributed by atoms with E-state index < -0.39 is 11.1 Å². The summed E-state index contributed by atoms with van der Waals surface area (Å²) in [6.45, 7) is 3.90. The minimum absolute atomic E-state index is 0.613. The number of aromatic nitrogens is 2. The number of benzene rings is 2. The van der Waals surface area contributed by atoms with Crippen LogP contribution >= 0.6 is 0 Å². The number of hydrogen-bond donors (Lipinski definition) is 4. The SMILES string of the molecule is Cc1ccc(N)c(N)c1.Cc1ccc2[nH]c(=O)c(=O)[nH]c2c1. The van der Waals surface area contributed by atoms with Crippen LogP contribution in [0.2, 0.25) is 0 Å². The highest BCUT2D eigenvalue weighted by Crippen LogP contribution is 2.14. The van der Waals surface area contributed by atoms with Gasteiger partial charge in [-0.1, -0.05) is 12.1 Å². The van der Waals surface area contributed by atoms with Gasteiger partial charge in [-0.05, 0) is 49.2 Å². The summed E-state index contributed by atoms with van der Waals surface area (Å²) in [5, 5.41) is 0. The van der Waals surface area contributed by atoms with Crippen molar-refractivity contribution in [2.24, 2.45) is 0 Å². The van der Waals surface area contributed by atoms with Crippen LogP contribution in [0.15, 0.2) is 46.0 Å². The number of aromatic amines is 2. The third-order valence-electron chi connectivity index (χ3n) is 3.12. The minimum atomic E-state index is -0.614. The molecule has 114 valence electrons.